The van der Waals surface area contributed by atoms with Crippen molar-refractivity contribution in [3.63, 3.8) is 0 Å². The third-order valence-electron chi connectivity index (χ3n) is 5.98. The van der Waals surface area contributed by atoms with E-state index in [-0.39, 0.29) is 5.75 Å². The molecule has 2 heterocycles. The summed E-state index contributed by atoms with van der Waals surface area (Å²) in [7, 11) is 0. The van der Waals surface area contributed by atoms with Gasteiger partial charge >= 0.3 is 12.6 Å². The lowest BCUT2D eigenvalue weighted by molar-refractivity contribution is -0.134. The summed E-state index contributed by atoms with van der Waals surface area (Å²) in [5.41, 5.74) is -1.58. The van der Waals surface area contributed by atoms with Gasteiger partial charge in [0.2, 0.25) is 11.8 Å². The molecule has 5 amide bonds. The number of carbonyl (C=O) groups is 4. The van der Waals surface area contributed by atoms with Crippen LogP contribution < -0.4 is 20.3 Å². The van der Waals surface area contributed by atoms with E-state index in [1.807, 2.05) is 0 Å². The van der Waals surface area contributed by atoms with Crippen LogP contribution in [-0.2, 0) is 19.9 Å². The van der Waals surface area contributed by atoms with Crippen molar-refractivity contribution < 1.29 is 32.7 Å². The smallest absolute Gasteiger partial charge is 0.387 e. The zero-order chi connectivity index (χ0) is 24.8. The topological polar surface area (TPSA) is 108 Å². The maximum atomic E-state index is 13.3. The number of para-hydroxylation sites is 2. The minimum Gasteiger partial charge on any atom is -0.435 e. The van der Waals surface area contributed by atoms with Gasteiger partial charge in [-0.2, -0.15) is 8.78 Å². The van der Waals surface area contributed by atoms with E-state index >= 15 is 0 Å². The minimum absolute atomic E-state index is 0.101. The summed E-state index contributed by atoms with van der Waals surface area (Å²) < 4.78 is 29.1. The molecule has 34 heavy (non-hydrogen) atoms. The molecule has 1 fully saturated rings. The standard InChI is InChI=1S/C23H22F2N4O5/c1-22(2)18(31)26-15-6-4-5-7-16(15)29(22)17(30)12-28-19(32)23(3,27-21(28)33)13-8-10-14(11-9-13)34-20(24)25/h4-11,20H,12H2,1-3H3,(H,26,31)(H,27,33)/t23-/m1/s1. The Bertz CT molecular complexity index is 1180. The highest BCUT2D eigenvalue weighted by Crippen LogP contribution is 2.37. The molecule has 0 spiro atoms. The number of ether oxygens (including phenoxy) is 1. The molecule has 0 aliphatic carbocycles. The van der Waals surface area contributed by atoms with Crippen molar-refractivity contribution in [3.05, 3.63) is 54.1 Å². The lowest BCUT2D eigenvalue weighted by Crippen LogP contribution is -2.60. The zero-order valence-electron chi connectivity index (χ0n) is 18.6. The van der Waals surface area contributed by atoms with Gasteiger partial charge in [0.1, 0.15) is 23.4 Å². The molecule has 2 aliphatic heterocycles. The molecule has 1 saturated heterocycles. The number of nitrogens with one attached hydrogen (secondary N) is 2. The van der Waals surface area contributed by atoms with E-state index < -0.39 is 48.0 Å². The highest BCUT2D eigenvalue weighted by molar-refractivity contribution is 6.16. The van der Waals surface area contributed by atoms with Crippen LogP contribution in [0.2, 0.25) is 0 Å². The van der Waals surface area contributed by atoms with Crippen molar-refractivity contribution in [2.45, 2.75) is 38.5 Å². The van der Waals surface area contributed by atoms with Crippen LogP contribution in [0, 0.1) is 0 Å². The molecule has 0 bridgehead atoms. The quantitative estimate of drug-likeness (QED) is 0.651. The number of amides is 5. The number of benzene rings is 2. The predicted molar refractivity (Wildman–Crippen MR) is 117 cm³/mol. The summed E-state index contributed by atoms with van der Waals surface area (Å²) in [4.78, 5) is 53.9. The van der Waals surface area contributed by atoms with Gasteiger partial charge < -0.3 is 15.4 Å². The number of hydrogen-bond acceptors (Lipinski definition) is 5. The van der Waals surface area contributed by atoms with E-state index in [2.05, 4.69) is 15.4 Å². The molecule has 0 radical (unpaired) electrons. The number of halogens is 2. The molecular formula is C23H22F2N4O5. The second kappa shape index (κ2) is 8.08. The Kier molecular flexibility index (Phi) is 5.50. The molecule has 1 atom stereocenters. The normalized spacial score (nSPS) is 21.3. The van der Waals surface area contributed by atoms with Gasteiger partial charge in [0.25, 0.3) is 5.91 Å². The number of imide groups is 1. The van der Waals surface area contributed by atoms with Crippen LogP contribution in [0.4, 0.5) is 25.0 Å². The molecule has 2 aliphatic rings. The SMILES string of the molecule is CC1(C)C(=O)Nc2ccccc2N1C(=O)CN1C(=O)N[C@](C)(c2ccc(OC(F)F)cc2)C1=O. The molecule has 178 valence electrons. The number of carbonyl (C=O) groups excluding carboxylic acids is 4. The molecule has 0 unspecified atom stereocenters. The van der Waals surface area contributed by atoms with Crippen LogP contribution in [0.1, 0.15) is 26.3 Å². The predicted octanol–water partition coefficient (Wildman–Crippen LogP) is 2.82. The highest BCUT2D eigenvalue weighted by Gasteiger charge is 2.51. The van der Waals surface area contributed by atoms with Crippen molar-refractivity contribution in [2.75, 3.05) is 16.8 Å². The Morgan fingerprint density at radius 3 is 2.32 bits per heavy atom. The molecule has 0 saturated carbocycles. The van der Waals surface area contributed by atoms with E-state index in [0.29, 0.717) is 16.9 Å². The first-order valence-corrected chi connectivity index (χ1v) is 10.4. The van der Waals surface area contributed by atoms with Crippen molar-refractivity contribution in [2.24, 2.45) is 0 Å². The summed E-state index contributed by atoms with van der Waals surface area (Å²) in [6.07, 6.45) is 0. The summed E-state index contributed by atoms with van der Waals surface area (Å²) >= 11 is 0. The maximum Gasteiger partial charge on any atom is 0.387 e. The number of hydrogen-bond donors (Lipinski definition) is 2. The van der Waals surface area contributed by atoms with Gasteiger partial charge in [-0.25, -0.2) is 4.79 Å². The number of alkyl halides is 2. The van der Waals surface area contributed by atoms with E-state index in [1.54, 1.807) is 38.1 Å². The number of nitrogens with zero attached hydrogens (tertiary/aromatic N) is 2. The van der Waals surface area contributed by atoms with Crippen LogP contribution in [0.3, 0.4) is 0 Å². The lowest BCUT2D eigenvalue weighted by Gasteiger charge is -2.42. The first kappa shape index (κ1) is 23.1. The van der Waals surface area contributed by atoms with Gasteiger partial charge in [0.15, 0.2) is 0 Å². The summed E-state index contributed by atoms with van der Waals surface area (Å²) in [6.45, 7) is 0.985. The van der Waals surface area contributed by atoms with Gasteiger partial charge in [-0.15, -0.1) is 0 Å². The van der Waals surface area contributed by atoms with Crippen molar-refractivity contribution in [3.8, 4) is 5.75 Å². The van der Waals surface area contributed by atoms with Crippen LogP contribution in [0.25, 0.3) is 0 Å². The fraction of sp³-hybridized carbons (Fsp3) is 0.304. The van der Waals surface area contributed by atoms with Crippen LogP contribution in [0.15, 0.2) is 48.5 Å². The van der Waals surface area contributed by atoms with E-state index in [1.165, 1.54) is 36.1 Å². The zero-order valence-corrected chi connectivity index (χ0v) is 18.6. The summed E-state index contributed by atoms with van der Waals surface area (Å²) in [5, 5.41) is 5.31. The first-order valence-electron chi connectivity index (χ1n) is 10.4. The maximum absolute atomic E-state index is 13.3. The molecule has 2 aromatic rings. The minimum atomic E-state index is -3.00. The molecule has 2 aromatic carbocycles. The number of fused-ring (bicyclic) bond motifs is 1. The van der Waals surface area contributed by atoms with Gasteiger partial charge in [-0.3, -0.25) is 24.2 Å². The number of urea groups is 1. The summed E-state index contributed by atoms with van der Waals surface area (Å²) in [6, 6.07) is 11.2. The Morgan fingerprint density at radius 1 is 1.03 bits per heavy atom. The highest BCUT2D eigenvalue weighted by atomic mass is 19.3. The van der Waals surface area contributed by atoms with Crippen molar-refractivity contribution >= 4 is 35.1 Å². The Hall–Kier alpha value is -4.02. The van der Waals surface area contributed by atoms with Crippen molar-refractivity contribution in [1.82, 2.24) is 10.2 Å². The Balaban J connectivity index is 1.59. The average molecular weight is 472 g/mol. The number of rotatable bonds is 5. The van der Waals surface area contributed by atoms with Gasteiger partial charge in [0, 0.05) is 0 Å². The lowest BCUT2D eigenvalue weighted by atomic mass is 9.92. The monoisotopic (exact) mass is 472 g/mol. The van der Waals surface area contributed by atoms with E-state index in [4.69, 9.17) is 0 Å². The first-order chi connectivity index (χ1) is 15.9. The molecule has 4 rings (SSSR count). The third kappa shape index (κ3) is 3.72. The largest absolute Gasteiger partial charge is 0.435 e. The van der Waals surface area contributed by atoms with Crippen LogP contribution in [-0.4, -0.2) is 47.3 Å². The third-order valence-corrected chi connectivity index (χ3v) is 5.98. The molecule has 0 aromatic heterocycles. The van der Waals surface area contributed by atoms with Gasteiger partial charge in [-0.1, -0.05) is 24.3 Å². The molecule has 9 nitrogen and oxygen atoms in total. The fourth-order valence-electron chi connectivity index (χ4n) is 4.11. The van der Waals surface area contributed by atoms with Gasteiger partial charge in [0.05, 0.1) is 11.4 Å². The van der Waals surface area contributed by atoms with Gasteiger partial charge in [-0.05, 0) is 50.6 Å². The molecule has 11 heteroatoms. The molecule has 2 N–H and O–H groups in total. The second-order valence-corrected chi connectivity index (χ2v) is 8.61. The average Bonchev–Trinajstić information content (AvgIpc) is 2.98. The number of anilines is 2. The Morgan fingerprint density at radius 2 is 1.68 bits per heavy atom. The van der Waals surface area contributed by atoms with E-state index in [9.17, 15) is 28.0 Å². The van der Waals surface area contributed by atoms with Crippen LogP contribution >= 0.6 is 0 Å². The van der Waals surface area contributed by atoms with Crippen LogP contribution in [0.5, 0.6) is 5.75 Å². The Labute approximate surface area is 193 Å². The second-order valence-electron chi connectivity index (χ2n) is 8.61. The van der Waals surface area contributed by atoms with E-state index in [0.717, 1.165) is 4.90 Å². The van der Waals surface area contributed by atoms with Crippen molar-refractivity contribution in [1.29, 1.82) is 0 Å². The fourth-order valence-corrected chi connectivity index (χ4v) is 4.11. The molecular weight excluding hydrogens is 450 g/mol. The summed E-state index contributed by atoms with van der Waals surface area (Å²) in [5.74, 6) is -1.83.